The molecular formula is C6H7IN6O. The van der Waals surface area contributed by atoms with E-state index < -0.39 is 0 Å². The van der Waals surface area contributed by atoms with Crippen LogP contribution in [-0.4, -0.2) is 25.1 Å². The zero-order valence-corrected chi connectivity index (χ0v) is 9.25. The third-order valence-electron chi connectivity index (χ3n) is 1.55. The lowest BCUT2D eigenvalue weighted by Crippen LogP contribution is -2.06. The first kappa shape index (κ1) is 9.52. The van der Waals surface area contributed by atoms with Crippen LogP contribution in [-0.2, 0) is 13.1 Å². The topological polar surface area (TPSA) is 95.7 Å². The van der Waals surface area contributed by atoms with E-state index in [0.29, 0.717) is 18.3 Å². The summed E-state index contributed by atoms with van der Waals surface area (Å²) < 4.78 is 7.44. The molecule has 0 bridgehead atoms. The average molecular weight is 306 g/mol. The Balaban J connectivity index is 2.15. The van der Waals surface area contributed by atoms with Crippen molar-refractivity contribution in [1.29, 1.82) is 0 Å². The summed E-state index contributed by atoms with van der Waals surface area (Å²) in [6, 6.07) is 0. The maximum atomic E-state index is 5.33. The van der Waals surface area contributed by atoms with Crippen molar-refractivity contribution in [2.45, 2.75) is 13.1 Å². The molecule has 0 aliphatic heterocycles. The van der Waals surface area contributed by atoms with E-state index in [4.69, 9.17) is 10.3 Å². The summed E-state index contributed by atoms with van der Waals surface area (Å²) in [6.07, 6.45) is 1.66. The molecule has 2 N–H and O–H groups in total. The van der Waals surface area contributed by atoms with Gasteiger partial charge in [-0.25, -0.2) is 4.68 Å². The van der Waals surface area contributed by atoms with Gasteiger partial charge in [0.1, 0.15) is 10.2 Å². The minimum atomic E-state index is 0.251. The summed E-state index contributed by atoms with van der Waals surface area (Å²) in [7, 11) is 0. The van der Waals surface area contributed by atoms with Crippen LogP contribution in [0.3, 0.4) is 0 Å². The number of aromatic nitrogens is 5. The van der Waals surface area contributed by atoms with E-state index in [9.17, 15) is 0 Å². The van der Waals surface area contributed by atoms with Gasteiger partial charge in [-0.15, -0.1) is 5.10 Å². The molecule has 0 atom stereocenters. The molecule has 74 valence electrons. The molecule has 2 aromatic heterocycles. The fraction of sp³-hybridized carbons (Fsp3) is 0.333. The van der Waals surface area contributed by atoms with Gasteiger partial charge in [0.05, 0.1) is 12.7 Å². The Hall–Kier alpha value is -1.03. The molecule has 14 heavy (non-hydrogen) atoms. The van der Waals surface area contributed by atoms with E-state index in [0.717, 1.165) is 3.70 Å². The average Bonchev–Trinajstić information content (AvgIpc) is 2.77. The van der Waals surface area contributed by atoms with Crippen LogP contribution in [0.1, 0.15) is 11.7 Å². The van der Waals surface area contributed by atoms with Crippen LogP contribution >= 0.6 is 22.6 Å². The van der Waals surface area contributed by atoms with E-state index in [-0.39, 0.29) is 6.54 Å². The molecule has 0 radical (unpaired) electrons. The summed E-state index contributed by atoms with van der Waals surface area (Å²) in [5.74, 6) is 0.976. The van der Waals surface area contributed by atoms with Gasteiger partial charge in [-0.3, -0.25) is 0 Å². The zero-order valence-electron chi connectivity index (χ0n) is 7.09. The van der Waals surface area contributed by atoms with Gasteiger partial charge < -0.3 is 10.3 Å². The molecule has 0 amide bonds. The monoisotopic (exact) mass is 306 g/mol. The Morgan fingerprint density at radius 2 is 2.43 bits per heavy atom. The highest BCUT2D eigenvalue weighted by Crippen LogP contribution is 2.04. The first-order valence-electron chi connectivity index (χ1n) is 3.85. The van der Waals surface area contributed by atoms with Crippen molar-refractivity contribution in [3.63, 3.8) is 0 Å². The Bertz CT molecular complexity index is 423. The van der Waals surface area contributed by atoms with Crippen molar-refractivity contribution in [2.75, 3.05) is 0 Å². The molecule has 0 unspecified atom stereocenters. The molecule has 0 aliphatic carbocycles. The van der Waals surface area contributed by atoms with Crippen molar-refractivity contribution >= 4 is 22.6 Å². The molecular weight excluding hydrogens is 299 g/mol. The van der Waals surface area contributed by atoms with Gasteiger partial charge in [0.15, 0.2) is 5.82 Å². The fourth-order valence-electron chi connectivity index (χ4n) is 0.924. The predicted octanol–water partition coefficient (Wildman–Crippen LogP) is -0.227. The van der Waals surface area contributed by atoms with Crippen LogP contribution in [0, 0.1) is 3.70 Å². The number of halogens is 1. The van der Waals surface area contributed by atoms with E-state index in [1.807, 2.05) is 0 Å². The Labute approximate surface area is 92.8 Å². The van der Waals surface area contributed by atoms with E-state index in [1.54, 1.807) is 10.9 Å². The molecule has 0 fully saturated rings. The molecule has 8 heteroatoms. The number of nitrogens with two attached hydrogens (primary N) is 1. The Morgan fingerprint density at radius 1 is 1.57 bits per heavy atom. The van der Waals surface area contributed by atoms with E-state index >= 15 is 0 Å². The first-order valence-corrected chi connectivity index (χ1v) is 4.93. The number of nitrogens with zero attached hydrogens (tertiary/aromatic N) is 5. The van der Waals surface area contributed by atoms with Gasteiger partial charge in [-0.05, 0) is 22.6 Å². The van der Waals surface area contributed by atoms with Crippen LogP contribution in [0.5, 0.6) is 0 Å². The van der Waals surface area contributed by atoms with Gasteiger partial charge in [-0.2, -0.15) is 4.98 Å². The minimum Gasteiger partial charge on any atom is -0.338 e. The molecule has 0 aromatic carbocycles. The van der Waals surface area contributed by atoms with E-state index in [2.05, 4.69) is 43.0 Å². The number of rotatable bonds is 3. The largest absolute Gasteiger partial charge is 0.338 e. The predicted molar refractivity (Wildman–Crippen MR) is 54.0 cm³/mol. The van der Waals surface area contributed by atoms with Crippen molar-refractivity contribution in [1.82, 2.24) is 25.1 Å². The molecule has 0 spiro atoms. The summed E-state index contributed by atoms with van der Waals surface area (Å²) in [5.41, 5.74) is 5.33. The first-order chi connectivity index (χ1) is 6.79. The second-order valence-corrected chi connectivity index (χ2v) is 3.63. The lowest BCUT2D eigenvalue weighted by Gasteiger charge is -1.94. The van der Waals surface area contributed by atoms with Crippen LogP contribution in [0.2, 0.25) is 0 Å². The van der Waals surface area contributed by atoms with Gasteiger partial charge in [0.2, 0.25) is 5.89 Å². The van der Waals surface area contributed by atoms with Gasteiger partial charge in [0.25, 0.3) is 0 Å². The van der Waals surface area contributed by atoms with Crippen LogP contribution in [0.4, 0.5) is 0 Å². The van der Waals surface area contributed by atoms with Crippen LogP contribution < -0.4 is 5.73 Å². The highest BCUT2D eigenvalue weighted by Gasteiger charge is 2.07. The number of hydrogen-bond donors (Lipinski definition) is 1. The van der Waals surface area contributed by atoms with Crippen molar-refractivity contribution < 1.29 is 4.52 Å². The van der Waals surface area contributed by atoms with Gasteiger partial charge >= 0.3 is 0 Å². The second kappa shape index (κ2) is 4.00. The molecule has 2 rings (SSSR count). The SMILES string of the molecule is NCc1nc(Cn2nncc2I)no1. The molecule has 2 aromatic rings. The lowest BCUT2D eigenvalue weighted by atomic mass is 10.6. The molecule has 2 heterocycles. The van der Waals surface area contributed by atoms with E-state index in [1.165, 1.54) is 0 Å². The smallest absolute Gasteiger partial charge is 0.240 e. The molecule has 0 saturated carbocycles. The summed E-state index contributed by atoms with van der Waals surface area (Å²) >= 11 is 2.13. The van der Waals surface area contributed by atoms with Gasteiger partial charge in [0, 0.05) is 0 Å². The number of hydrogen-bond acceptors (Lipinski definition) is 6. The fourth-order valence-corrected chi connectivity index (χ4v) is 1.32. The quantitative estimate of drug-likeness (QED) is 0.787. The highest BCUT2D eigenvalue weighted by molar-refractivity contribution is 14.1. The Kier molecular flexibility index (Phi) is 2.72. The maximum absolute atomic E-state index is 5.33. The van der Waals surface area contributed by atoms with Gasteiger partial charge in [-0.1, -0.05) is 10.4 Å². The minimum absolute atomic E-state index is 0.251. The molecule has 0 saturated heterocycles. The van der Waals surface area contributed by atoms with Crippen LogP contribution in [0.25, 0.3) is 0 Å². The maximum Gasteiger partial charge on any atom is 0.240 e. The summed E-state index contributed by atoms with van der Waals surface area (Å²) in [4.78, 5) is 4.05. The van der Waals surface area contributed by atoms with Crippen LogP contribution in [0.15, 0.2) is 10.7 Å². The third-order valence-corrected chi connectivity index (χ3v) is 2.38. The summed E-state index contributed by atoms with van der Waals surface area (Å²) in [6.45, 7) is 0.698. The summed E-state index contributed by atoms with van der Waals surface area (Å²) in [5, 5.41) is 11.3. The second-order valence-electron chi connectivity index (χ2n) is 2.52. The highest BCUT2D eigenvalue weighted by atomic mass is 127. The zero-order chi connectivity index (χ0) is 9.97. The third kappa shape index (κ3) is 1.90. The normalized spacial score (nSPS) is 10.7. The molecule has 7 nitrogen and oxygen atoms in total. The van der Waals surface area contributed by atoms with Crippen molar-refractivity contribution in [3.05, 3.63) is 21.6 Å². The van der Waals surface area contributed by atoms with Crippen molar-refractivity contribution in [3.8, 4) is 0 Å². The van der Waals surface area contributed by atoms with Crippen molar-refractivity contribution in [2.24, 2.45) is 5.73 Å². The lowest BCUT2D eigenvalue weighted by molar-refractivity contribution is 0.372. The standard InChI is InChI=1S/C6H7IN6O/c7-4-2-9-12-13(4)3-5-10-6(1-8)14-11-5/h2H,1,3,8H2. The molecule has 0 aliphatic rings. The Morgan fingerprint density at radius 3 is 3.00 bits per heavy atom.